The Labute approximate surface area is 108 Å². The molecule has 100 valence electrons. The maximum atomic E-state index is 6.03. The molecule has 1 aromatic carbocycles. The molecule has 4 nitrogen and oxygen atoms in total. The molecule has 0 radical (unpaired) electrons. The molecule has 1 aliphatic rings. The minimum atomic E-state index is 0.0742. The van der Waals surface area contributed by atoms with Gasteiger partial charge in [-0.15, -0.1) is 0 Å². The molecule has 1 heterocycles. The van der Waals surface area contributed by atoms with E-state index in [0.717, 1.165) is 37.4 Å². The van der Waals surface area contributed by atoms with Gasteiger partial charge >= 0.3 is 0 Å². The molecule has 1 saturated heterocycles. The lowest BCUT2D eigenvalue weighted by molar-refractivity contribution is 0.311. The number of nitrogens with two attached hydrogens (primary N) is 1. The summed E-state index contributed by atoms with van der Waals surface area (Å²) in [6.45, 7) is 2.71. The van der Waals surface area contributed by atoms with Crippen molar-refractivity contribution in [1.82, 2.24) is 5.32 Å². The molecule has 0 spiro atoms. The number of hydrogen-bond donors (Lipinski definition) is 2. The van der Waals surface area contributed by atoms with E-state index in [-0.39, 0.29) is 5.41 Å². The van der Waals surface area contributed by atoms with Crippen molar-refractivity contribution in [3.63, 3.8) is 0 Å². The van der Waals surface area contributed by atoms with E-state index < -0.39 is 0 Å². The summed E-state index contributed by atoms with van der Waals surface area (Å²) < 4.78 is 10.7. The maximum Gasteiger partial charge on any atom is 0.161 e. The minimum Gasteiger partial charge on any atom is -0.493 e. The van der Waals surface area contributed by atoms with Crippen molar-refractivity contribution in [2.24, 2.45) is 5.73 Å². The fourth-order valence-corrected chi connectivity index (χ4v) is 2.68. The summed E-state index contributed by atoms with van der Waals surface area (Å²) >= 11 is 0. The van der Waals surface area contributed by atoms with Crippen LogP contribution in [0.15, 0.2) is 18.2 Å². The summed E-state index contributed by atoms with van der Waals surface area (Å²) in [6.07, 6.45) is 2.14. The summed E-state index contributed by atoms with van der Waals surface area (Å²) in [5.74, 6) is 1.55. The van der Waals surface area contributed by atoms with Gasteiger partial charge in [0.1, 0.15) is 0 Å². The van der Waals surface area contributed by atoms with Gasteiger partial charge < -0.3 is 20.5 Å². The van der Waals surface area contributed by atoms with Gasteiger partial charge in [0, 0.05) is 12.0 Å². The topological polar surface area (TPSA) is 56.5 Å². The van der Waals surface area contributed by atoms with E-state index >= 15 is 0 Å². The lowest BCUT2D eigenvalue weighted by Gasteiger charge is -2.37. The summed E-state index contributed by atoms with van der Waals surface area (Å²) in [4.78, 5) is 0. The fraction of sp³-hybridized carbons (Fsp3) is 0.571. The molecule has 0 aromatic heterocycles. The summed E-state index contributed by atoms with van der Waals surface area (Å²) in [7, 11) is 3.32. The van der Waals surface area contributed by atoms with Crippen molar-refractivity contribution >= 4 is 0 Å². The summed E-state index contributed by atoms with van der Waals surface area (Å²) in [5.41, 5.74) is 7.36. The predicted molar refractivity (Wildman–Crippen MR) is 72.4 cm³/mol. The minimum absolute atomic E-state index is 0.0742. The van der Waals surface area contributed by atoms with Crippen molar-refractivity contribution < 1.29 is 9.47 Å². The monoisotopic (exact) mass is 250 g/mol. The van der Waals surface area contributed by atoms with E-state index in [9.17, 15) is 0 Å². The molecule has 0 aliphatic carbocycles. The number of piperidine rings is 1. The SMILES string of the molecule is COc1ccc(C2(CN)CCNCC2)cc1OC. The molecule has 2 rings (SSSR count). The molecule has 3 N–H and O–H groups in total. The lowest BCUT2D eigenvalue weighted by Crippen LogP contribution is -2.44. The molecule has 0 atom stereocenters. The molecule has 0 amide bonds. The van der Waals surface area contributed by atoms with Crippen LogP contribution in [0.25, 0.3) is 0 Å². The van der Waals surface area contributed by atoms with Crippen molar-refractivity contribution in [2.45, 2.75) is 18.3 Å². The third kappa shape index (κ3) is 2.31. The van der Waals surface area contributed by atoms with E-state index in [0.29, 0.717) is 6.54 Å². The second kappa shape index (κ2) is 5.59. The average Bonchev–Trinajstić information content (AvgIpc) is 2.47. The van der Waals surface area contributed by atoms with Gasteiger partial charge in [0.05, 0.1) is 14.2 Å². The number of rotatable bonds is 4. The van der Waals surface area contributed by atoms with Gasteiger partial charge in [-0.05, 0) is 43.6 Å². The number of ether oxygens (including phenoxy) is 2. The zero-order valence-corrected chi connectivity index (χ0v) is 11.2. The molecule has 18 heavy (non-hydrogen) atoms. The average molecular weight is 250 g/mol. The van der Waals surface area contributed by atoms with Gasteiger partial charge in [-0.2, -0.15) is 0 Å². The van der Waals surface area contributed by atoms with Crippen LogP contribution >= 0.6 is 0 Å². The van der Waals surface area contributed by atoms with E-state index in [1.54, 1.807) is 14.2 Å². The van der Waals surface area contributed by atoms with Crippen LogP contribution in [0, 0.1) is 0 Å². The van der Waals surface area contributed by atoms with Crippen LogP contribution in [0.3, 0.4) is 0 Å². The third-order valence-corrected chi connectivity index (χ3v) is 3.95. The molecule has 0 unspecified atom stereocenters. The Bertz CT molecular complexity index is 401. The second-order valence-corrected chi connectivity index (χ2v) is 4.80. The van der Waals surface area contributed by atoms with Gasteiger partial charge in [0.15, 0.2) is 11.5 Å². The van der Waals surface area contributed by atoms with E-state index in [1.807, 2.05) is 6.07 Å². The first-order valence-corrected chi connectivity index (χ1v) is 6.39. The number of nitrogens with one attached hydrogen (secondary N) is 1. The van der Waals surface area contributed by atoms with Crippen molar-refractivity contribution in [3.05, 3.63) is 23.8 Å². The first-order valence-electron chi connectivity index (χ1n) is 6.39. The van der Waals surface area contributed by atoms with Crippen molar-refractivity contribution in [3.8, 4) is 11.5 Å². The third-order valence-electron chi connectivity index (χ3n) is 3.95. The van der Waals surface area contributed by atoms with Crippen molar-refractivity contribution in [1.29, 1.82) is 0 Å². The Balaban J connectivity index is 2.36. The first-order chi connectivity index (χ1) is 8.75. The molecule has 0 saturated carbocycles. The normalized spacial score (nSPS) is 18.4. The standard InChI is InChI=1S/C14H22N2O2/c1-17-12-4-3-11(9-13(12)18-2)14(10-15)5-7-16-8-6-14/h3-4,9,16H,5-8,10,15H2,1-2H3. The highest BCUT2D eigenvalue weighted by Gasteiger charge is 2.33. The highest BCUT2D eigenvalue weighted by Crippen LogP contribution is 2.37. The zero-order chi connectivity index (χ0) is 13.0. The second-order valence-electron chi connectivity index (χ2n) is 4.80. The first kappa shape index (κ1) is 13.2. The predicted octanol–water partition coefficient (Wildman–Crippen LogP) is 1.28. The Morgan fingerprint density at radius 3 is 2.39 bits per heavy atom. The Morgan fingerprint density at radius 1 is 1.17 bits per heavy atom. The van der Waals surface area contributed by atoms with Crippen LogP contribution in [0.4, 0.5) is 0 Å². The van der Waals surface area contributed by atoms with Crippen molar-refractivity contribution in [2.75, 3.05) is 33.9 Å². The highest BCUT2D eigenvalue weighted by molar-refractivity contribution is 5.45. The van der Waals surface area contributed by atoms with E-state index in [2.05, 4.69) is 17.4 Å². The van der Waals surface area contributed by atoms with Gasteiger partial charge in [0.25, 0.3) is 0 Å². The maximum absolute atomic E-state index is 6.03. The number of hydrogen-bond acceptors (Lipinski definition) is 4. The fourth-order valence-electron chi connectivity index (χ4n) is 2.68. The van der Waals surface area contributed by atoms with Gasteiger partial charge in [-0.25, -0.2) is 0 Å². The molecular weight excluding hydrogens is 228 g/mol. The van der Waals surface area contributed by atoms with Crippen LogP contribution in [0.2, 0.25) is 0 Å². The Morgan fingerprint density at radius 2 is 1.83 bits per heavy atom. The summed E-state index contributed by atoms with van der Waals surface area (Å²) in [5, 5.41) is 3.38. The molecule has 1 aliphatic heterocycles. The smallest absolute Gasteiger partial charge is 0.161 e. The largest absolute Gasteiger partial charge is 0.493 e. The van der Waals surface area contributed by atoms with Gasteiger partial charge in [-0.1, -0.05) is 6.07 Å². The van der Waals surface area contributed by atoms with Gasteiger partial charge in [-0.3, -0.25) is 0 Å². The number of methoxy groups -OCH3 is 2. The molecule has 4 heteroatoms. The highest BCUT2D eigenvalue weighted by atomic mass is 16.5. The van der Waals surface area contributed by atoms with E-state index in [1.165, 1.54) is 5.56 Å². The summed E-state index contributed by atoms with van der Waals surface area (Å²) in [6, 6.07) is 6.14. The number of benzene rings is 1. The van der Waals surface area contributed by atoms with E-state index in [4.69, 9.17) is 15.2 Å². The molecular formula is C14H22N2O2. The van der Waals surface area contributed by atoms with Crippen LogP contribution in [-0.4, -0.2) is 33.9 Å². The lowest BCUT2D eigenvalue weighted by atomic mass is 9.73. The Hall–Kier alpha value is -1.26. The van der Waals surface area contributed by atoms with Crippen LogP contribution in [0.1, 0.15) is 18.4 Å². The quantitative estimate of drug-likeness (QED) is 0.845. The molecule has 0 bridgehead atoms. The van der Waals surface area contributed by atoms with Crippen LogP contribution < -0.4 is 20.5 Å². The molecule has 1 fully saturated rings. The Kier molecular flexibility index (Phi) is 4.09. The molecule has 1 aromatic rings. The van der Waals surface area contributed by atoms with Gasteiger partial charge in [0.2, 0.25) is 0 Å². The zero-order valence-electron chi connectivity index (χ0n) is 11.2. The van der Waals surface area contributed by atoms with Crippen LogP contribution in [0.5, 0.6) is 11.5 Å². The van der Waals surface area contributed by atoms with Crippen LogP contribution in [-0.2, 0) is 5.41 Å².